The van der Waals surface area contributed by atoms with Crippen LogP contribution in [0.1, 0.15) is 26.5 Å². The van der Waals surface area contributed by atoms with Gasteiger partial charge in [-0.15, -0.1) is 12.6 Å². The van der Waals surface area contributed by atoms with E-state index in [0.29, 0.717) is 10.0 Å². The Bertz CT molecular complexity index is 356. The molecule has 0 spiro atoms. The summed E-state index contributed by atoms with van der Waals surface area (Å²) in [5.41, 5.74) is 0.876. The third kappa shape index (κ3) is 3.31. The van der Waals surface area contributed by atoms with Crippen molar-refractivity contribution in [3.63, 3.8) is 0 Å². The van der Waals surface area contributed by atoms with Gasteiger partial charge in [-0.1, -0.05) is 38.4 Å². The van der Waals surface area contributed by atoms with Crippen molar-refractivity contribution in [1.82, 2.24) is 9.97 Å². The monoisotopic (exact) mass is 228 g/mol. The van der Waals surface area contributed by atoms with Crippen LogP contribution in [0.15, 0.2) is 17.3 Å². The van der Waals surface area contributed by atoms with Gasteiger partial charge in [0.15, 0.2) is 0 Å². The van der Waals surface area contributed by atoms with Crippen LogP contribution in [0, 0.1) is 5.41 Å². The number of hydrogen-bond donors (Lipinski definition) is 1. The molecule has 0 fully saturated rings. The van der Waals surface area contributed by atoms with Crippen molar-refractivity contribution < 1.29 is 0 Å². The minimum atomic E-state index is 0.123. The minimum Gasteiger partial charge on any atom is -0.236 e. The van der Waals surface area contributed by atoms with E-state index in [1.165, 1.54) is 6.33 Å². The second kappa shape index (κ2) is 4.32. The number of nitrogens with zero attached hydrogens (tertiary/aromatic N) is 2. The molecule has 0 saturated carbocycles. The molecule has 0 saturated heterocycles. The molecule has 0 aromatic carbocycles. The van der Waals surface area contributed by atoms with E-state index < -0.39 is 0 Å². The molecule has 1 heterocycles. The van der Waals surface area contributed by atoms with E-state index in [9.17, 15) is 0 Å². The molecule has 0 unspecified atom stereocenters. The van der Waals surface area contributed by atoms with Gasteiger partial charge in [0, 0.05) is 0 Å². The Kier molecular flexibility index (Phi) is 3.56. The van der Waals surface area contributed by atoms with Crippen LogP contribution in [-0.2, 0) is 0 Å². The summed E-state index contributed by atoms with van der Waals surface area (Å²) in [5, 5.41) is 0.386. The molecular formula is C10H13ClN2S. The summed E-state index contributed by atoms with van der Waals surface area (Å²) in [7, 11) is 0. The second-order valence-electron chi connectivity index (χ2n) is 4.10. The second-order valence-corrected chi connectivity index (χ2v) is 4.90. The third-order valence-electron chi connectivity index (χ3n) is 1.55. The summed E-state index contributed by atoms with van der Waals surface area (Å²) in [6, 6.07) is 0. The van der Waals surface area contributed by atoms with Crippen LogP contribution in [0.4, 0.5) is 0 Å². The largest absolute Gasteiger partial charge is 0.236 e. The first-order chi connectivity index (χ1) is 6.40. The number of aromatic nitrogens is 2. The molecule has 4 heteroatoms. The third-order valence-corrected chi connectivity index (χ3v) is 2.41. The fourth-order valence-electron chi connectivity index (χ4n) is 0.821. The lowest BCUT2D eigenvalue weighted by Crippen LogP contribution is -1.98. The van der Waals surface area contributed by atoms with E-state index in [0.717, 1.165) is 5.69 Å². The number of halogens is 1. The Hall–Kier alpha value is -0.540. The molecule has 76 valence electrons. The highest BCUT2D eigenvalue weighted by Gasteiger charge is 2.06. The molecule has 0 aliphatic carbocycles. The van der Waals surface area contributed by atoms with Crippen molar-refractivity contribution >= 4 is 30.3 Å². The maximum absolute atomic E-state index is 5.80. The Morgan fingerprint density at radius 3 is 2.57 bits per heavy atom. The molecule has 0 aliphatic rings. The van der Waals surface area contributed by atoms with Gasteiger partial charge < -0.3 is 0 Å². The zero-order valence-electron chi connectivity index (χ0n) is 8.45. The molecule has 0 N–H and O–H groups in total. The lowest BCUT2D eigenvalue weighted by atomic mass is 9.96. The Balaban J connectivity index is 2.98. The van der Waals surface area contributed by atoms with Gasteiger partial charge in [-0.25, -0.2) is 9.97 Å². The fraction of sp³-hybridized carbons (Fsp3) is 0.400. The lowest BCUT2D eigenvalue weighted by Gasteiger charge is -2.11. The van der Waals surface area contributed by atoms with Gasteiger partial charge in [0.05, 0.1) is 10.6 Å². The molecule has 0 radical (unpaired) electrons. The summed E-state index contributed by atoms with van der Waals surface area (Å²) in [6.45, 7) is 6.35. The van der Waals surface area contributed by atoms with E-state index in [4.69, 9.17) is 11.6 Å². The zero-order valence-corrected chi connectivity index (χ0v) is 10.1. The van der Waals surface area contributed by atoms with Crippen LogP contribution in [0.3, 0.4) is 0 Å². The van der Waals surface area contributed by atoms with Crippen LogP contribution in [0.25, 0.3) is 6.08 Å². The van der Waals surface area contributed by atoms with Crippen molar-refractivity contribution in [3.8, 4) is 0 Å². The highest BCUT2D eigenvalue weighted by molar-refractivity contribution is 7.80. The van der Waals surface area contributed by atoms with Gasteiger partial charge in [-0.3, -0.25) is 0 Å². The predicted molar refractivity (Wildman–Crippen MR) is 62.8 cm³/mol. The summed E-state index contributed by atoms with van der Waals surface area (Å²) in [6.07, 6.45) is 5.41. The van der Waals surface area contributed by atoms with E-state index in [-0.39, 0.29) is 5.41 Å². The topological polar surface area (TPSA) is 25.8 Å². The first-order valence-corrected chi connectivity index (χ1v) is 5.11. The van der Waals surface area contributed by atoms with Gasteiger partial charge in [-0.2, -0.15) is 0 Å². The van der Waals surface area contributed by atoms with Crippen LogP contribution in [0.5, 0.6) is 0 Å². The Labute approximate surface area is 94.8 Å². The smallest absolute Gasteiger partial charge is 0.146 e. The quantitative estimate of drug-likeness (QED) is 0.588. The number of hydrogen-bond acceptors (Lipinski definition) is 3. The van der Waals surface area contributed by atoms with E-state index in [1.807, 2.05) is 6.08 Å². The van der Waals surface area contributed by atoms with Crippen molar-refractivity contribution in [2.24, 2.45) is 5.41 Å². The van der Waals surface area contributed by atoms with Gasteiger partial charge in [0.1, 0.15) is 11.5 Å². The standard InChI is InChI=1S/C10H13ClN2S/c1-10(2,3)5-4-7-8(14)9(11)13-6-12-7/h4-6,14H,1-3H3/b5-4+. The van der Waals surface area contributed by atoms with Gasteiger partial charge >= 0.3 is 0 Å². The minimum absolute atomic E-state index is 0.123. The van der Waals surface area contributed by atoms with Crippen LogP contribution >= 0.6 is 24.2 Å². The highest BCUT2D eigenvalue weighted by atomic mass is 35.5. The Morgan fingerprint density at radius 2 is 2.00 bits per heavy atom. The molecule has 14 heavy (non-hydrogen) atoms. The molecule has 0 aliphatic heterocycles. The molecule has 2 nitrogen and oxygen atoms in total. The highest BCUT2D eigenvalue weighted by Crippen LogP contribution is 2.23. The Morgan fingerprint density at radius 1 is 1.36 bits per heavy atom. The normalized spacial score (nSPS) is 12.4. The van der Waals surface area contributed by atoms with Gasteiger partial charge in [-0.05, 0) is 11.5 Å². The molecule has 0 bridgehead atoms. The first kappa shape index (κ1) is 11.5. The summed E-state index contributed by atoms with van der Waals surface area (Å²) >= 11 is 10.0. The van der Waals surface area contributed by atoms with E-state index in [1.54, 1.807) is 0 Å². The lowest BCUT2D eigenvalue weighted by molar-refractivity contribution is 0.547. The number of allylic oxidation sites excluding steroid dienone is 1. The fourth-order valence-corrected chi connectivity index (χ4v) is 1.15. The molecule has 0 amide bonds. The zero-order chi connectivity index (χ0) is 10.8. The molecule has 1 aromatic heterocycles. The summed E-state index contributed by atoms with van der Waals surface area (Å²) in [4.78, 5) is 8.53. The summed E-state index contributed by atoms with van der Waals surface area (Å²) < 4.78 is 0. The maximum Gasteiger partial charge on any atom is 0.146 e. The maximum atomic E-state index is 5.80. The van der Waals surface area contributed by atoms with Crippen LogP contribution < -0.4 is 0 Å². The summed E-state index contributed by atoms with van der Waals surface area (Å²) in [5.74, 6) is 0. The van der Waals surface area contributed by atoms with Gasteiger partial charge in [0.25, 0.3) is 0 Å². The predicted octanol–water partition coefficient (Wildman–Crippen LogP) is 3.48. The average molecular weight is 229 g/mol. The van der Waals surface area contributed by atoms with Crippen molar-refractivity contribution in [2.75, 3.05) is 0 Å². The van der Waals surface area contributed by atoms with Crippen molar-refractivity contribution in [2.45, 2.75) is 25.7 Å². The van der Waals surface area contributed by atoms with Crippen molar-refractivity contribution in [1.29, 1.82) is 0 Å². The first-order valence-electron chi connectivity index (χ1n) is 4.29. The average Bonchev–Trinajstić information content (AvgIpc) is 2.06. The number of rotatable bonds is 1. The molecule has 1 rings (SSSR count). The molecule has 0 atom stereocenters. The van der Waals surface area contributed by atoms with E-state index >= 15 is 0 Å². The SMILES string of the molecule is CC(C)(C)/C=C/c1ncnc(Cl)c1S. The van der Waals surface area contributed by atoms with E-state index in [2.05, 4.69) is 49.4 Å². The molecule has 1 aromatic rings. The van der Waals surface area contributed by atoms with Crippen LogP contribution in [-0.4, -0.2) is 9.97 Å². The van der Waals surface area contributed by atoms with Gasteiger partial charge in [0.2, 0.25) is 0 Å². The van der Waals surface area contributed by atoms with Crippen molar-refractivity contribution in [3.05, 3.63) is 23.3 Å². The molecular weight excluding hydrogens is 216 g/mol. The number of thiol groups is 1. The van der Waals surface area contributed by atoms with Crippen LogP contribution in [0.2, 0.25) is 5.15 Å².